The van der Waals surface area contributed by atoms with Gasteiger partial charge in [0.1, 0.15) is 0 Å². The van der Waals surface area contributed by atoms with Gasteiger partial charge < -0.3 is 14.8 Å². The first-order chi connectivity index (χ1) is 13.1. The molecule has 1 fully saturated rings. The lowest BCUT2D eigenvalue weighted by Crippen LogP contribution is -2.31. The van der Waals surface area contributed by atoms with Crippen molar-refractivity contribution in [2.24, 2.45) is 0 Å². The molecule has 1 aliphatic carbocycles. The summed E-state index contributed by atoms with van der Waals surface area (Å²) >= 11 is 0. The Hall–Kier alpha value is -3.09. The second-order valence-corrected chi connectivity index (χ2v) is 6.33. The summed E-state index contributed by atoms with van der Waals surface area (Å²) in [6.07, 6.45) is 5.39. The number of nitrogens with zero attached hydrogens (tertiary/aromatic N) is 2. The van der Waals surface area contributed by atoms with Crippen LogP contribution >= 0.6 is 0 Å². The van der Waals surface area contributed by atoms with Crippen molar-refractivity contribution in [1.29, 1.82) is 0 Å². The quantitative estimate of drug-likeness (QED) is 0.720. The van der Waals surface area contributed by atoms with E-state index in [1.807, 2.05) is 6.07 Å². The molecule has 0 saturated heterocycles. The average molecular weight is 369 g/mol. The van der Waals surface area contributed by atoms with Crippen LogP contribution in [0.2, 0.25) is 0 Å². The Kier molecular flexibility index (Phi) is 5.90. The summed E-state index contributed by atoms with van der Waals surface area (Å²) in [6.45, 7) is 0.672. The van der Waals surface area contributed by atoms with E-state index in [0.717, 1.165) is 24.1 Å². The predicted octanol–water partition coefficient (Wildman–Crippen LogP) is 1.97. The fraction of sp³-hybridized carbons (Fsp3) is 0.350. The maximum atomic E-state index is 12.0. The minimum absolute atomic E-state index is 0.158. The van der Waals surface area contributed by atoms with Crippen LogP contribution in [0.5, 0.6) is 11.5 Å². The van der Waals surface area contributed by atoms with Crippen molar-refractivity contribution in [3.63, 3.8) is 0 Å². The van der Waals surface area contributed by atoms with E-state index in [1.54, 1.807) is 44.6 Å². The zero-order valence-corrected chi connectivity index (χ0v) is 15.5. The van der Waals surface area contributed by atoms with Crippen LogP contribution in [0.25, 0.3) is 6.08 Å². The van der Waals surface area contributed by atoms with E-state index in [9.17, 15) is 9.59 Å². The fourth-order valence-corrected chi connectivity index (χ4v) is 2.69. The lowest BCUT2D eigenvalue weighted by Gasteiger charge is -2.08. The second-order valence-electron chi connectivity index (χ2n) is 6.33. The van der Waals surface area contributed by atoms with Gasteiger partial charge in [-0.1, -0.05) is 6.07 Å². The molecule has 1 N–H and O–H groups in total. The normalized spacial score (nSPS) is 13.6. The van der Waals surface area contributed by atoms with Crippen molar-refractivity contribution in [3.05, 3.63) is 58.0 Å². The SMILES string of the molecule is COc1ccc(/C=C/C(=O)NCCn2nc(C3CC3)ccc2=O)cc1OC. The third-order valence-electron chi connectivity index (χ3n) is 4.34. The first-order valence-corrected chi connectivity index (χ1v) is 8.86. The van der Waals surface area contributed by atoms with E-state index in [2.05, 4.69) is 10.4 Å². The minimum atomic E-state index is -0.240. The lowest BCUT2D eigenvalue weighted by molar-refractivity contribution is -0.116. The Morgan fingerprint density at radius 1 is 1.22 bits per heavy atom. The number of amides is 1. The van der Waals surface area contributed by atoms with E-state index >= 15 is 0 Å². The zero-order valence-electron chi connectivity index (χ0n) is 15.5. The van der Waals surface area contributed by atoms with Crippen LogP contribution in [0.15, 0.2) is 41.2 Å². The average Bonchev–Trinajstić information content (AvgIpc) is 3.52. The summed E-state index contributed by atoms with van der Waals surface area (Å²) in [6, 6.07) is 8.73. The number of aromatic nitrogens is 2. The molecule has 3 rings (SSSR count). The molecule has 7 heteroatoms. The number of ether oxygens (including phenoxy) is 2. The topological polar surface area (TPSA) is 82.5 Å². The van der Waals surface area contributed by atoms with Crippen LogP contribution in [0.1, 0.15) is 30.0 Å². The molecule has 1 aromatic carbocycles. The largest absolute Gasteiger partial charge is 0.493 e. The monoisotopic (exact) mass is 369 g/mol. The van der Waals surface area contributed by atoms with Gasteiger partial charge in [-0.3, -0.25) is 9.59 Å². The van der Waals surface area contributed by atoms with Crippen molar-refractivity contribution in [2.45, 2.75) is 25.3 Å². The third-order valence-corrected chi connectivity index (χ3v) is 4.34. The summed E-state index contributed by atoms with van der Waals surface area (Å²) < 4.78 is 11.8. The van der Waals surface area contributed by atoms with Gasteiger partial charge in [-0.15, -0.1) is 0 Å². The minimum Gasteiger partial charge on any atom is -0.493 e. The second kappa shape index (κ2) is 8.53. The van der Waals surface area contributed by atoms with Crippen LogP contribution < -0.4 is 20.3 Å². The van der Waals surface area contributed by atoms with Gasteiger partial charge in [0.05, 0.1) is 26.5 Å². The van der Waals surface area contributed by atoms with E-state index in [4.69, 9.17) is 9.47 Å². The van der Waals surface area contributed by atoms with Crippen molar-refractivity contribution in [3.8, 4) is 11.5 Å². The molecule has 27 heavy (non-hydrogen) atoms. The third kappa shape index (κ3) is 4.97. The molecule has 0 unspecified atom stereocenters. The fourth-order valence-electron chi connectivity index (χ4n) is 2.69. The van der Waals surface area contributed by atoms with Crippen molar-refractivity contribution < 1.29 is 14.3 Å². The lowest BCUT2D eigenvalue weighted by atomic mass is 10.2. The van der Waals surface area contributed by atoms with E-state index in [-0.39, 0.29) is 11.5 Å². The molecule has 7 nitrogen and oxygen atoms in total. The molecule has 142 valence electrons. The number of carbonyl (C=O) groups is 1. The van der Waals surface area contributed by atoms with Gasteiger partial charge in [-0.25, -0.2) is 4.68 Å². The van der Waals surface area contributed by atoms with Crippen molar-refractivity contribution in [1.82, 2.24) is 15.1 Å². The Morgan fingerprint density at radius 3 is 2.70 bits per heavy atom. The summed E-state index contributed by atoms with van der Waals surface area (Å²) in [5.41, 5.74) is 1.61. The number of nitrogens with one attached hydrogen (secondary N) is 1. The first-order valence-electron chi connectivity index (χ1n) is 8.86. The van der Waals surface area contributed by atoms with Gasteiger partial charge in [-0.05, 0) is 42.7 Å². The van der Waals surface area contributed by atoms with Gasteiger partial charge >= 0.3 is 0 Å². The van der Waals surface area contributed by atoms with Gasteiger partial charge in [-0.2, -0.15) is 5.10 Å². The highest BCUT2D eigenvalue weighted by molar-refractivity contribution is 5.91. The number of hydrogen-bond donors (Lipinski definition) is 1. The Labute approximate surface area is 157 Å². The zero-order chi connectivity index (χ0) is 19.2. The summed E-state index contributed by atoms with van der Waals surface area (Å²) in [5, 5.41) is 7.13. The van der Waals surface area contributed by atoms with E-state index in [1.165, 1.54) is 10.8 Å². The van der Waals surface area contributed by atoms with Gasteiger partial charge in [0.25, 0.3) is 5.56 Å². The molecule has 0 spiro atoms. The van der Waals surface area contributed by atoms with Gasteiger partial charge in [0.2, 0.25) is 5.91 Å². The highest BCUT2D eigenvalue weighted by atomic mass is 16.5. The number of carbonyl (C=O) groups excluding carboxylic acids is 1. The van der Waals surface area contributed by atoms with Crippen LogP contribution in [-0.4, -0.2) is 36.5 Å². The molecule has 1 aromatic heterocycles. The van der Waals surface area contributed by atoms with Crippen LogP contribution in [0.3, 0.4) is 0 Å². The molecule has 1 aliphatic rings. The van der Waals surface area contributed by atoms with Crippen LogP contribution in [-0.2, 0) is 11.3 Å². The summed E-state index contributed by atoms with van der Waals surface area (Å²) in [4.78, 5) is 23.9. The molecule has 1 amide bonds. The van der Waals surface area contributed by atoms with Crippen molar-refractivity contribution >= 4 is 12.0 Å². The predicted molar refractivity (Wildman–Crippen MR) is 102 cm³/mol. The van der Waals surface area contributed by atoms with Crippen molar-refractivity contribution in [2.75, 3.05) is 20.8 Å². The van der Waals surface area contributed by atoms with Gasteiger partial charge in [0, 0.05) is 24.6 Å². The standard InChI is InChI=1S/C20H23N3O4/c1-26-17-8-3-14(13-18(17)27-2)4-9-19(24)21-11-12-23-20(25)10-7-16(22-23)15-5-6-15/h3-4,7-10,13,15H,5-6,11-12H2,1-2H3,(H,21,24)/b9-4+. The molecule has 0 bridgehead atoms. The Balaban J connectivity index is 1.53. The Bertz CT molecular complexity index is 900. The molecule has 0 aliphatic heterocycles. The Morgan fingerprint density at radius 2 is 2.00 bits per heavy atom. The number of benzene rings is 1. The maximum absolute atomic E-state index is 12.0. The van der Waals surface area contributed by atoms with Crippen LogP contribution in [0, 0.1) is 0 Å². The molecule has 0 radical (unpaired) electrons. The highest BCUT2D eigenvalue weighted by Gasteiger charge is 2.25. The van der Waals surface area contributed by atoms with Gasteiger partial charge in [0.15, 0.2) is 11.5 Å². The van der Waals surface area contributed by atoms with E-state index in [0.29, 0.717) is 30.5 Å². The maximum Gasteiger partial charge on any atom is 0.266 e. The molecule has 1 heterocycles. The number of rotatable bonds is 8. The highest BCUT2D eigenvalue weighted by Crippen LogP contribution is 2.38. The van der Waals surface area contributed by atoms with Crippen LogP contribution in [0.4, 0.5) is 0 Å². The summed E-state index contributed by atoms with van der Waals surface area (Å²) in [5.74, 6) is 1.47. The first kappa shape index (κ1) is 18.7. The molecular formula is C20H23N3O4. The smallest absolute Gasteiger partial charge is 0.266 e. The molecule has 2 aromatic rings. The molecule has 0 atom stereocenters. The number of hydrogen-bond acceptors (Lipinski definition) is 5. The van der Waals surface area contributed by atoms with E-state index < -0.39 is 0 Å². The molecular weight excluding hydrogens is 346 g/mol. The number of methoxy groups -OCH3 is 2. The summed E-state index contributed by atoms with van der Waals surface area (Å²) in [7, 11) is 3.13. The molecule has 1 saturated carbocycles.